The maximum Gasteiger partial charge on any atom is 0.253 e. The van der Waals surface area contributed by atoms with Crippen molar-refractivity contribution in [1.29, 1.82) is 0 Å². The van der Waals surface area contributed by atoms with E-state index in [-0.39, 0.29) is 11.8 Å². The lowest BCUT2D eigenvalue weighted by Gasteiger charge is -2.35. The van der Waals surface area contributed by atoms with Gasteiger partial charge in [-0.2, -0.15) is 0 Å². The van der Waals surface area contributed by atoms with Crippen molar-refractivity contribution in [3.8, 4) is 16.9 Å². The molecule has 0 atom stereocenters. The summed E-state index contributed by atoms with van der Waals surface area (Å²) < 4.78 is 5.17. The molecule has 0 saturated carbocycles. The van der Waals surface area contributed by atoms with E-state index >= 15 is 0 Å². The van der Waals surface area contributed by atoms with Crippen LogP contribution in [0.5, 0.6) is 5.75 Å². The lowest BCUT2D eigenvalue weighted by Crippen LogP contribution is -2.50. The number of piperazine rings is 1. The van der Waals surface area contributed by atoms with Crippen LogP contribution >= 0.6 is 0 Å². The number of aryl methyl sites for hydroxylation is 1. The minimum absolute atomic E-state index is 0.0231. The first kappa shape index (κ1) is 21.6. The van der Waals surface area contributed by atoms with Gasteiger partial charge in [0.05, 0.1) is 7.11 Å². The first-order valence-electron chi connectivity index (χ1n) is 11.0. The Kier molecular flexibility index (Phi) is 6.85. The quantitative estimate of drug-likeness (QED) is 0.589. The summed E-state index contributed by atoms with van der Waals surface area (Å²) in [6.07, 6.45) is 1.18. The summed E-state index contributed by atoms with van der Waals surface area (Å²) in [5.74, 6) is 0.977. The van der Waals surface area contributed by atoms with Gasteiger partial charge in [0.1, 0.15) is 5.75 Å². The zero-order valence-corrected chi connectivity index (χ0v) is 18.4. The van der Waals surface area contributed by atoms with Gasteiger partial charge in [0, 0.05) is 38.2 Å². The van der Waals surface area contributed by atoms with Gasteiger partial charge in [0.15, 0.2) is 0 Å². The summed E-state index contributed by atoms with van der Waals surface area (Å²) in [6, 6.07) is 25.7. The molecule has 5 heteroatoms. The second-order valence-corrected chi connectivity index (χ2v) is 7.96. The van der Waals surface area contributed by atoms with E-state index in [9.17, 15) is 9.59 Å². The molecule has 1 aliphatic rings. The van der Waals surface area contributed by atoms with Gasteiger partial charge in [-0.1, -0.05) is 54.6 Å². The molecule has 3 aromatic rings. The summed E-state index contributed by atoms with van der Waals surface area (Å²) in [7, 11) is 1.64. The van der Waals surface area contributed by atoms with Crippen LogP contribution in [0.1, 0.15) is 22.3 Å². The summed E-state index contributed by atoms with van der Waals surface area (Å²) in [4.78, 5) is 29.2. The lowest BCUT2D eigenvalue weighted by atomic mass is 10.0. The van der Waals surface area contributed by atoms with E-state index in [1.54, 1.807) is 7.11 Å². The Morgan fingerprint density at radius 2 is 1.34 bits per heavy atom. The van der Waals surface area contributed by atoms with Crippen molar-refractivity contribution in [3.05, 3.63) is 90.0 Å². The van der Waals surface area contributed by atoms with Gasteiger partial charge >= 0.3 is 0 Å². The average Bonchev–Trinajstić information content (AvgIpc) is 2.88. The van der Waals surface area contributed by atoms with Crippen LogP contribution in [0.2, 0.25) is 0 Å². The zero-order valence-electron chi connectivity index (χ0n) is 18.4. The third-order valence-corrected chi connectivity index (χ3v) is 5.95. The van der Waals surface area contributed by atoms with Gasteiger partial charge in [-0.05, 0) is 47.4 Å². The van der Waals surface area contributed by atoms with Crippen LogP contribution in [0.4, 0.5) is 0 Å². The topological polar surface area (TPSA) is 49.9 Å². The number of hydrogen-bond donors (Lipinski definition) is 0. The zero-order chi connectivity index (χ0) is 22.3. The van der Waals surface area contributed by atoms with Crippen molar-refractivity contribution in [3.63, 3.8) is 0 Å². The fourth-order valence-electron chi connectivity index (χ4n) is 3.98. The molecule has 0 aliphatic carbocycles. The number of carbonyl (C=O) groups excluding carboxylic acids is 2. The molecule has 0 N–H and O–H groups in total. The van der Waals surface area contributed by atoms with Crippen molar-refractivity contribution in [2.75, 3.05) is 33.3 Å². The maximum absolute atomic E-state index is 12.9. The molecule has 4 rings (SSSR count). The molecule has 0 unspecified atom stereocenters. The second kappa shape index (κ2) is 10.1. The molecule has 32 heavy (non-hydrogen) atoms. The Hall–Kier alpha value is -3.60. The van der Waals surface area contributed by atoms with Crippen LogP contribution in [-0.2, 0) is 11.2 Å². The molecular formula is C27H28N2O3. The molecule has 2 amide bonds. The number of ether oxygens (including phenoxy) is 1. The van der Waals surface area contributed by atoms with Gasteiger partial charge < -0.3 is 14.5 Å². The minimum Gasteiger partial charge on any atom is -0.497 e. The molecule has 0 spiro atoms. The summed E-state index contributed by atoms with van der Waals surface area (Å²) in [6.45, 7) is 2.28. The molecule has 164 valence electrons. The summed E-state index contributed by atoms with van der Waals surface area (Å²) >= 11 is 0. The fraction of sp³-hybridized carbons (Fsp3) is 0.259. The van der Waals surface area contributed by atoms with Gasteiger partial charge in [-0.3, -0.25) is 9.59 Å². The number of amides is 2. The van der Waals surface area contributed by atoms with E-state index in [4.69, 9.17) is 4.74 Å². The van der Waals surface area contributed by atoms with Gasteiger partial charge in [0.2, 0.25) is 5.91 Å². The molecule has 0 radical (unpaired) electrons. The highest BCUT2D eigenvalue weighted by Gasteiger charge is 2.24. The van der Waals surface area contributed by atoms with Crippen molar-refractivity contribution < 1.29 is 14.3 Å². The smallest absolute Gasteiger partial charge is 0.253 e. The van der Waals surface area contributed by atoms with E-state index < -0.39 is 0 Å². The number of hydrogen-bond acceptors (Lipinski definition) is 3. The maximum atomic E-state index is 12.9. The van der Waals surface area contributed by atoms with Gasteiger partial charge in [-0.15, -0.1) is 0 Å². The average molecular weight is 429 g/mol. The van der Waals surface area contributed by atoms with Crippen LogP contribution in [0.3, 0.4) is 0 Å². The number of carbonyl (C=O) groups is 2. The predicted molar refractivity (Wildman–Crippen MR) is 126 cm³/mol. The van der Waals surface area contributed by atoms with Gasteiger partial charge in [-0.25, -0.2) is 0 Å². The van der Waals surface area contributed by atoms with E-state index in [1.165, 1.54) is 0 Å². The highest BCUT2D eigenvalue weighted by Crippen LogP contribution is 2.20. The number of rotatable bonds is 6. The second-order valence-electron chi connectivity index (χ2n) is 7.96. The fourth-order valence-corrected chi connectivity index (χ4v) is 3.98. The number of methoxy groups -OCH3 is 1. The molecular weight excluding hydrogens is 400 g/mol. The summed E-state index contributed by atoms with van der Waals surface area (Å²) in [5.41, 5.74) is 4.03. The predicted octanol–water partition coefficient (Wildman–Crippen LogP) is 4.28. The molecule has 1 heterocycles. The minimum atomic E-state index is 0.0231. The standard InChI is InChI=1S/C27H28N2O3/c1-32-25-14-7-21(8-15-25)9-16-26(30)28-17-19-29(20-18-28)27(31)24-12-10-23(11-13-24)22-5-3-2-4-6-22/h2-8,10-15H,9,16-20H2,1H3. The Morgan fingerprint density at radius 3 is 1.97 bits per heavy atom. The van der Waals surface area contributed by atoms with Crippen molar-refractivity contribution >= 4 is 11.8 Å². The molecule has 3 aromatic carbocycles. The van der Waals surface area contributed by atoms with E-state index in [0.29, 0.717) is 44.6 Å². The van der Waals surface area contributed by atoms with E-state index in [0.717, 1.165) is 22.4 Å². The number of benzene rings is 3. The van der Waals surface area contributed by atoms with Crippen LogP contribution in [0, 0.1) is 0 Å². The SMILES string of the molecule is COc1ccc(CCC(=O)N2CCN(C(=O)c3ccc(-c4ccccc4)cc3)CC2)cc1. The van der Waals surface area contributed by atoms with Gasteiger partial charge in [0.25, 0.3) is 5.91 Å². The molecule has 1 aliphatic heterocycles. The number of nitrogens with zero attached hydrogens (tertiary/aromatic N) is 2. The molecule has 1 saturated heterocycles. The van der Waals surface area contributed by atoms with Crippen LogP contribution in [0.15, 0.2) is 78.9 Å². The van der Waals surface area contributed by atoms with Crippen LogP contribution in [-0.4, -0.2) is 54.9 Å². The highest BCUT2D eigenvalue weighted by molar-refractivity contribution is 5.95. The third-order valence-electron chi connectivity index (χ3n) is 5.95. The molecule has 0 aromatic heterocycles. The summed E-state index contributed by atoms with van der Waals surface area (Å²) in [5, 5.41) is 0. The largest absolute Gasteiger partial charge is 0.497 e. The lowest BCUT2D eigenvalue weighted by molar-refractivity contribution is -0.132. The first-order valence-corrected chi connectivity index (χ1v) is 11.0. The first-order chi connectivity index (χ1) is 15.6. The molecule has 1 fully saturated rings. The van der Waals surface area contributed by atoms with Crippen molar-refractivity contribution in [2.45, 2.75) is 12.8 Å². The van der Waals surface area contributed by atoms with Crippen LogP contribution in [0.25, 0.3) is 11.1 Å². The Labute approximate surface area is 189 Å². The highest BCUT2D eigenvalue weighted by atomic mass is 16.5. The van der Waals surface area contributed by atoms with E-state index in [1.807, 2.05) is 76.5 Å². The molecule has 0 bridgehead atoms. The van der Waals surface area contributed by atoms with Crippen molar-refractivity contribution in [1.82, 2.24) is 9.80 Å². The Morgan fingerprint density at radius 1 is 0.750 bits per heavy atom. The van der Waals surface area contributed by atoms with E-state index in [2.05, 4.69) is 12.1 Å². The monoisotopic (exact) mass is 428 g/mol. The normalized spacial score (nSPS) is 13.7. The Balaban J connectivity index is 1.27. The van der Waals surface area contributed by atoms with Crippen molar-refractivity contribution in [2.24, 2.45) is 0 Å². The third kappa shape index (κ3) is 5.17. The Bertz CT molecular complexity index is 1040. The molecule has 5 nitrogen and oxygen atoms in total. The van der Waals surface area contributed by atoms with Crippen LogP contribution < -0.4 is 4.74 Å².